The Hall–Kier alpha value is -3.85. The lowest BCUT2D eigenvalue weighted by molar-refractivity contribution is 0.628. The Balaban J connectivity index is 1.28. The number of benzene rings is 2. The molecule has 2 aromatic rings. The summed E-state index contributed by atoms with van der Waals surface area (Å²) in [4.78, 5) is 0. The fourth-order valence-corrected chi connectivity index (χ4v) is 5.36. The highest BCUT2D eigenvalue weighted by molar-refractivity contribution is 5.90. The number of fused-ring (bicyclic) bond motifs is 6. The van der Waals surface area contributed by atoms with Crippen LogP contribution in [0, 0.1) is 17.2 Å². The summed E-state index contributed by atoms with van der Waals surface area (Å²) in [6, 6.07) is 17.1. The number of guanidine groups is 1. The average Bonchev–Trinajstić information content (AvgIpc) is 2.84. The molecular weight excluding hydrogens is 390 g/mol. The van der Waals surface area contributed by atoms with Crippen LogP contribution in [-0.4, -0.2) is 5.96 Å². The normalized spacial score (nSPS) is 26.1. The molecule has 0 amide bonds. The molecule has 156 valence electrons. The highest BCUT2D eigenvalue weighted by Crippen LogP contribution is 2.42. The highest BCUT2D eigenvalue weighted by Gasteiger charge is 2.31. The maximum atomic E-state index is 8.75. The van der Waals surface area contributed by atoms with Crippen molar-refractivity contribution in [2.45, 2.75) is 11.8 Å². The second kappa shape index (κ2) is 7.69. The van der Waals surface area contributed by atoms with E-state index in [1.807, 2.05) is 0 Å². The van der Waals surface area contributed by atoms with Gasteiger partial charge < -0.3 is 10.6 Å². The maximum absolute atomic E-state index is 8.75. The molecule has 3 heteroatoms. The number of hydrogen-bond donors (Lipinski definition) is 3. The van der Waals surface area contributed by atoms with Crippen molar-refractivity contribution in [3.05, 3.63) is 131 Å². The van der Waals surface area contributed by atoms with E-state index in [9.17, 15) is 0 Å². The first-order valence-corrected chi connectivity index (χ1v) is 11.2. The van der Waals surface area contributed by atoms with Crippen molar-refractivity contribution in [3.63, 3.8) is 0 Å². The first kappa shape index (κ1) is 18.9. The second-order valence-electron chi connectivity index (χ2n) is 8.72. The molecule has 4 unspecified atom stereocenters. The van der Waals surface area contributed by atoms with Gasteiger partial charge in [0.1, 0.15) is 0 Å². The first-order valence-electron chi connectivity index (χ1n) is 11.2. The van der Waals surface area contributed by atoms with Crippen LogP contribution < -0.4 is 10.6 Å². The summed E-state index contributed by atoms with van der Waals surface area (Å²) in [5.74, 6) is 1.47. The van der Waals surface area contributed by atoms with Crippen LogP contribution in [0.4, 0.5) is 0 Å². The molecule has 4 aliphatic rings. The van der Waals surface area contributed by atoms with E-state index in [4.69, 9.17) is 5.41 Å². The van der Waals surface area contributed by atoms with Crippen molar-refractivity contribution in [2.24, 2.45) is 11.8 Å². The van der Waals surface area contributed by atoms with Crippen molar-refractivity contribution in [1.29, 1.82) is 5.41 Å². The summed E-state index contributed by atoms with van der Waals surface area (Å²) in [5, 5.41) is 15.5. The largest absolute Gasteiger partial charge is 0.329 e. The molecular formula is C29H25N3. The Morgan fingerprint density at radius 1 is 0.688 bits per heavy atom. The molecule has 2 aromatic carbocycles. The highest BCUT2D eigenvalue weighted by atomic mass is 15.1. The van der Waals surface area contributed by atoms with Crippen molar-refractivity contribution >= 4 is 17.7 Å². The zero-order chi connectivity index (χ0) is 21.5. The molecule has 0 radical (unpaired) electrons. The van der Waals surface area contributed by atoms with E-state index in [1.54, 1.807) is 0 Å². The third-order valence-corrected chi connectivity index (χ3v) is 6.84. The standard InChI is InChI=1S/C29H25N3/c30-29(31-27-17-19-9-1-3-11-21(19)23-13-5-7-15-25(23)27)32-28-18-20-10-2-4-12-22(20)24-14-6-8-16-26(24)28/h1-19,21,24,26H,(H3,30,31,32). The molecule has 32 heavy (non-hydrogen) atoms. The monoisotopic (exact) mass is 415 g/mol. The summed E-state index contributed by atoms with van der Waals surface area (Å²) in [6.07, 6.45) is 21.9. The smallest absolute Gasteiger partial charge is 0.197 e. The molecule has 0 spiro atoms. The third-order valence-electron chi connectivity index (χ3n) is 6.84. The number of rotatable bonds is 2. The Labute approximate surface area is 188 Å². The van der Waals surface area contributed by atoms with E-state index < -0.39 is 0 Å². The van der Waals surface area contributed by atoms with Gasteiger partial charge in [0.15, 0.2) is 5.96 Å². The zero-order valence-electron chi connectivity index (χ0n) is 17.7. The van der Waals surface area contributed by atoms with Crippen molar-refractivity contribution < 1.29 is 0 Å². The molecule has 3 N–H and O–H groups in total. The molecule has 0 saturated carbocycles. The van der Waals surface area contributed by atoms with Crippen LogP contribution in [0.1, 0.15) is 34.1 Å². The molecule has 0 aromatic heterocycles. The summed E-state index contributed by atoms with van der Waals surface area (Å²) < 4.78 is 0. The second-order valence-corrected chi connectivity index (χ2v) is 8.72. The summed E-state index contributed by atoms with van der Waals surface area (Å²) >= 11 is 0. The lowest BCUT2D eigenvalue weighted by Gasteiger charge is -2.34. The van der Waals surface area contributed by atoms with Gasteiger partial charge in [-0.1, -0.05) is 103 Å². The van der Waals surface area contributed by atoms with Crippen molar-refractivity contribution in [1.82, 2.24) is 10.6 Å². The minimum atomic E-state index is 0.209. The van der Waals surface area contributed by atoms with E-state index in [2.05, 4.69) is 120 Å². The van der Waals surface area contributed by atoms with Gasteiger partial charge in [0.05, 0.1) is 0 Å². The summed E-state index contributed by atoms with van der Waals surface area (Å²) in [6.45, 7) is 0. The van der Waals surface area contributed by atoms with Gasteiger partial charge in [-0.3, -0.25) is 5.41 Å². The first-order chi connectivity index (χ1) is 15.8. The van der Waals surface area contributed by atoms with Gasteiger partial charge in [-0.05, 0) is 22.8 Å². The van der Waals surface area contributed by atoms with Gasteiger partial charge in [-0.25, -0.2) is 0 Å². The molecule has 4 aliphatic carbocycles. The fraction of sp³-hybridized carbons (Fsp3) is 0.138. The van der Waals surface area contributed by atoms with Gasteiger partial charge >= 0.3 is 0 Å². The fourth-order valence-electron chi connectivity index (χ4n) is 5.36. The van der Waals surface area contributed by atoms with Gasteiger partial charge in [0, 0.05) is 40.6 Å². The van der Waals surface area contributed by atoms with Crippen LogP contribution in [0.15, 0.2) is 109 Å². The Kier molecular flexibility index (Phi) is 4.53. The minimum absolute atomic E-state index is 0.209. The molecule has 0 heterocycles. The van der Waals surface area contributed by atoms with Gasteiger partial charge in [-0.15, -0.1) is 0 Å². The number of hydrogen-bond acceptors (Lipinski definition) is 1. The predicted molar refractivity (Wildman–Crippen MR) is 132 cm³/mol. The van der Waals surface area contributed by atoms with Crippen molar-refractivity contribution in [3.8, 4) is 0 Å². The van der Waals surface area contributed by atoms with Crippen LogP contribution >= 0.6 is 0 Å². The van der Waals surface area contributed by atoms with E-state index in [-0.39, 0.29) is 5.92 Å². The number of nitrogens with one attached hydrogen (secondary N) is 3. The molecule has 0 saturated heterocycles. The average molecular weight is 416 g/mol. The van der Waals surface area contributed by atoms with Gasteiger partial charge in [-0.2, -0.15) is 0 Å². The van der Waals surface area contributed by atoms with E-state index >= 15 is 0 Å². The predicted octanol–water partition coefficient (Wildman–Crippen LogP) is 5.86. The van der Waals surface area contributed by atoms with Crippen molar-refractivity contribution in [2.75, 3.05) is 0 Å². The lowest BCUT2D eigenvalue weighted by Crippen LogP contribution is -2.39. The van der Waals surface area contributed by atoms with E-state index in [0.717, 1.165) is 11.4 Å². The van der Waals surface area contributed by atoms with Crippen LogP contribution in [-0.2, 0) is 0 Å². The molecule has 6 rings (SSSR count). The molecule has 3 nitrogen and oxygen atoms in total. The van der Waals surface area contributed by atoms with Crippen LogP contribution in [0.5, 0.6) is 0 Å². The Morgan fingerprint density at radius 2 is 1.38 bits per heavy atom. The topological polar surface area (TPSA) is 47.9 Å². The van der Waals surface area contributed by atoms with Gasteiger partial charge in [0.25, 0.3) is 0 Å². The van der Waals surface area contributed by atoms with E-state index in [1.165, 1.54) is 22.3 Å². The van der Waals surface area contributed by atoms with Crippen LogP contribution in [0.2, 0.25) is 0 Å². The van der Waals surface area contributed by atoms with Gasteiger partial charge in [0.2, 0.25) is 0 Å². The van der Waals surface area contributed by atoms with Crippen LogP contribution in [0.3, 0.4) is 0 Å². The minimum Gasteiger partial charge on any atom is -0.329 e. The quantitative estimate of drug-likeness (QED) is 0.425. The summed E-state index contributed by atoms with van der Waals surface area (Å²) in [7, 11) is 0. The van der Waals surface area contributed by atoms with E-state index in [0.29, 0.717) is 23.7 Å². The third kappa shape index (κ3) is 3.18. The molecule has 0 bridgehead atoms. The molecule has 0 fully saturated rings. The number of allylic oxidation sites excluding steroid dienone is 9. The van der Waals surface area contributed by atoms with Crippen LogP contribution in [0.25, 0.3) is 11.8 Å². The summed E-state index contributed by atoms with van der Waals surface area (Å²) in [5.41, 5.74) is 7.08. The SMILES string of the molecule is N=C(NC1=CC2C=CC=CC2c2ccccc21)NC1=Cc2ccccc2C2C=CC=CC12. The Morgan fingerprint density at radius 3 is 2.25 bits per heavy atom. The molecule has 0 aliphatic heterocycles. The lowest BCUT2D eigenvalue weighted by atomic mass is 9.75. The molecule has 4 atom stereocenters. The maximum Gasteiger partial charge on any atom is 0.197 e. The zero-order valence-corrected chi connectivity index (χ0v) is 17.7. The Bertz CT molecular complexity index is 1270.